The molecule has 0 radical (unpaired) electrons. The van der Waals surface area contributed by atoms with Gasteiger partial charge < -0.3 is 14.5 Å². The van der Waals surface area contributed by atoms with Crippen LogP contribution >= 0.6 is 0 Å². The third-order valence-electron chi connectivity index (χ3n) is 12.6. The summed E-state index contributed by atoms with van der Waals surface area (Å²) in [6.45, 7) is 4.71. The van der Waals surface area contributed by atoms with Gasteiger partial charge in [-0.2, -0.15) is 0 Å². The predicted octanol–water partition coefficient (Wildman–Crippen LogP) is 15.7. The van der Waals surface area contributed by atoms with E-state index < -0.39 is 0 Å². The molecule has 3 nitrogen and oxygen atoms in total. The second kappa shape index (κ2) is 12.3. The Bertz CT molecular complexity index is 3260. The average molecular weight is 743 g/mol. The van der Waals surface area contributed by atoms with Gasteiger partial charge >= 0.3 is 0 Å². The van der Waals surface area contributed by atoms with E-state index in [2.05, 4.69) is 218 Å². The second-order valence-electron chi connectivity index (χ2n) is 16.1. The molecule has 0 saturated heterocycles. The fourth-order valence-electron chi connectivity index (χ4n) is 9.78. The summed E-state index contributed by atoms with van der Waals surface area (Å²) in [5.41, 5.74) is 11.2. The molecule has 274 valence electrons. The minimum absolute atomic E-state index is 0.319. The van der Waals surface area contributed by atoms with Crippen molar-refractivity contribution >= 4 is 77.2 Å². The number of hydrogen-bond acceptors (Lipinski definition) is 3. The Morgan fingerprint density at radius 3 is 1.72 bits per heavy atom. The highest BCUT2D eigenvalue weighted by atomic mass is 16.5. The first-order chi connectivity index (χ1) is 28.5. The van der Waals surface area contributed by atoms with Crippen LogP contribution in [0.15, 0.2) is 194 Å². The van der Waals surface area contributed by atoms with Crippen molar-refractivity contribution in [3.8, 4) is 22.6 Å². The highest BCUT2D eigenvalue weighted by molar-refractivity contribution is 6.25. The number of nitrogens with zero attached hydrogens (tertiary/aromatic N) is 2. The Balaban J connectivity index is 1.12. The first kappa shape index (κ1) is 32.8. The molecule has 10 aromatic rings. The van der Waals surface area contributed by atoms with Crippen LogP contribution in [0.1, 0.15) is 25.0 Å². The quantitative estimate of drug-likeness (QED) is 0.167. The van der Waals surface area contributed by atoms with E-state index >= 15 is 0 Å². The average Bonchev–Trinajstić information content (AvgIpc) is 3.28. The van der Waals surface area contributed by atoms with Crippen molar-refractivity contribution in [3.63, 3.8) is 0 Å². The maximum absolute atomic E-state index is 7.09. The molecule has 0 atom stereocenters. The predicted molar refractivity (Wildman–Crippen MR) is 243 cm³/mol. The molecule has 3 heteroatoms. The van der Waals surface area contributed by atoms with Crippen LogP contribution in [-0.2, 0) is 5.41 Å². The van der Waals surface area contributed by atoms with Crippen LogP contribution in [0.25, 0.3) is 54.2 Å². The van der Waals surface area contributed by atoms with E-state index in [4.69, 9.17) is 4.74 Å². The van der Waals surface area contributed by atoms with E-state index in [9.17, 15) is 0 Å². The molecule has 2 aliphatic rings. The van der Waals surface area contributed by atoms with Crippen LogP contribution in [-0.4, -0.2) is 0 Å². The van der Waals surface area contributed by atoms with E-state index in [1.807, 2.05) is 0 Å². The van der Waals surface area contributed by atoms with Gasteiger partial charge in [0.25, 0.3) is 0 Å². The fraction of sp³-hybridized carbons (Fsp3) is 0.0545. The number of hydrogen-bond donors (Lipinski definition) is 0. The number of para-hydroxylation sites is 1. The molecule has 0 aromatic heterocycles. The summed E-state index contributed by atoms with van der Waals surface area (Å²) < 4.78 is 7.09. The zero-order chi connectivity index (χ0) is 38.5. The Morgan fingerprint density at radius 1 is 0.397 bits per heavy atom. The molecule has 12 rings (SSSR count). The van der Waals surface area contributed by atoms with Gasteiger partial charge in [-0.25, -0.2) is 0 Å². The van der Waals surface area contributed by atoms with Gasteiger partial charge in [0.2, 0.25) is 0 Å². The molecular formula is C55H38N2O. The van der Waals surface area contributed by atoms with Gasteiger partial charge in [0.15, 0.2) is 11.5 Å². The van der Waals surface area contributed by atoms with Crippen molar-refractivity contribution in [2.75, 3.05) is 9.80 Å². The fourth-order valence-corrected chi connectivity index (χ4v) is 9.78. The second-order valence-corrected chi connectivity index (χ2v) is 16.1. The summed E-state index contributed by atoms with van der Waals surface area (Å²) in [5, 5.41) is 9.89. The van der Waals surface area contributed by atoms with E-state index in [-0.39, 0.29) is 5.41 Å². The third-order valence-corrected chi connectivity index (χ3v) is 12.6. The minimum Gasteiger partial charge on any atom is -0.453 e. The van der Waals surface area contributed by atoms with Crippen molar-refractivity contribution in [2.45, 2.75) is 19.3 Å². The topological polar surface area (TPSA) is 15.7 Å². The number of benzene rings is 10. The Labute approximate surface area is 337 Å². The van der Waals surface area contributed by atoms with Crippen LogP contribution in [0.3, 0.4) is 0 Å². The standard InChI is InChI=1S/C55H38N2O/c1-55(2)48-22-12-13-23-50(48)57-53-41-17-7-6-16-37(41)26-31-51(53)58-52-34-40(33-49(55)54(52)57)56(38-27-24-36(25-28-38)35-14-4-3-5-15-35)39-29-30-46-44-20-9-8-18-42(44)43-19-10-11-21-45(43)47(46)32-39/h3-34H,1-2H3. The lowest BCUT2D eigenvalue weighted by Gasteiger charge is -2.45. The van der Waals surface area contributed by atoms with Gasteiger partial charge in [-0.05, 0) is 102 Å². The van der Waals surface area contributed by atoms with Crippen molar-refractivity contribution in [1.29, 1.82) is 0 Å². The van der Waals surface area contributed by atoms with Gasteiger partial charge in [0.1, 0.15) is 0 Å². The Hall–Kier alpha value is -7.36. The monoisotopic (exact) mass is 742 g/mol. The molecule has 0 unspecified atom stereocenters. The molecule has 0 bridgehead atoms. The molecule has 58 heavy (non-hydrogen) atoms. The molecule has 0 fully saturated rings. The molecule has 0 amide bonds. The molecule has 2 aliphatic heterocycles. The van der Waals surface area contributed by atoms with Crippen LogP contribution in [0, 0.1) is 0 Å². The molecule has 0 N–H and O–H groups in total. The third kappa shape index (κ3) is 4.74. The van der Waals surface area contributed by atoms with Gasteiger partial charge in [0.05, 0.1) is 22.7 Å². The number of rotatable bonds is 4. The molecule has 0 spiro atoms. The number of ether oxygens (including phenoxy) is 1. The van der Waals surface area contributed by atoms with Crippen LogP contribution in [0.2, 0.25) is 0 Å². The summed E-state index contributed by atoms with van der Waals surface area (Å²) in [4.78, 5) is 4.87. The first-order valence-corrected chi connectivity index (χ1v) is 20.1. The van der Waals surface area contributed by atoms with Crippen molar-refractivity contribution in [2.24, 2.45) is 0 Å². The van der Waals surface area contributed by atoms with Gasteiger partial charge in [-0.1, -0.05) is 159 Å². The van der Waals surface area contributed by atoms with Crippen molar-refractivity contribution < 1.29 is 4.74 Å². The highest BCUT2D eigenvalue weighted by Gasteiger charge is 2.43. The summed E-state index contributed by atoms with van der Waals surface area (Å²) in [6.07, 6.45) is 0. The maximum Gasteiger partial charge on any atom is 0.153 e. The lowest BCUT2D eigenvalue weighted by Crippen LogP contribution is -2.32. The van der Waals surface area contributed by atoms with Crippen LogP contribution in [0.4, 0.5) is 34.1 Å². The van der Waals surface area contributed by atoms with Gasteiger partial charge in [-0.15, -0.1) is 0 Å². The Kier molecular flexibility index (Phi) is 6.98. The summed E-state index contributed by atoms with van der Waals surface area (Å²) in [7, 11) is 0. The summed E-state index contributed by atoms with van der Waals surface area (Å²) >= 11 is 0. The SMILES string of the molecule is CC1(C)c2ccccc2N2c3c(cc(N(c4ccc(-c5ccccc5)cc4)c4ccc5c6ccccc6c6ccccc6c5c4)cc31)Oc1ccc3ccccc3c12. The van der Waals surface area contributed by atoms with Crippen molar-refractivity contribution in [3.05, 3.63) is 205 Å². The van der Waals surface area contributed by atoms with E-state index in [1.165, 1.54) is 71.0 Å². The van der Waals surface area contributed by atoms with Crippen LogP contribution in [0.5, 0.6) is 11.5 Å². The summed E-state index contributed by atoms with van der Waals surface area (Å²) in [6, 6.07) is 70.7. The smallest absolute Gasteiger partial charge is 0.153 e. The lowest BCUT2D eigenvalue weighted by atomic mass is 9.72. The molecule has 2 heterocycles. The van der Waals surface area contributed by atoms with Crippen LogP contribution < -0.4 is 14.5 Å². The molecule has 0 aliphatic carbocycles. The van der Waals surface area contributed by atoms with E-state index in [0.717, 1.165) is 39.9 Å². The zero-order valence-electron chi connectivity index (χ0n) is 32.3. The largest absolute Gasteiger partial charge is 0.453 e. The zero-order valence-corrected chi connectivity index (χ0v) is 32.3. The lowest BCUT2D eigenvalue weighted by molar-refractivity contribution is 0.472. The van der Waals surface area contributed by atoms with Gasteiger partial charge in [-0.3, -0.25) is 0 Å². The molecule has 10 aromatic carbocycles. The van der Waals surface area contributed by atoms with E-state index in [0.29, 0.717) is 0 Å². The minimum atomic E-state index is -0.319. The highest BCUT2D eigenvalue weighted by Crippen LogP contribution is 2.62. The maximum atomic E-state index is 7.09. The molecule has 0 saturated carbocycles. The number of anilines is 6. The van der Waals surface area contributed by atoms with Crippen molar-refractivity contribution in [1.82, 2.24) is 0 Å². The summed E-state index contributed by atoms with van der Waals surface area (Å²) in [5.74, 6) is 1.70. The number of fused-ring (bicyclic) bond motifs is 12. The van der Waals surface area contributed by atoms with Gasteiger partial charge in [0, 0.05) is 28.2 Å². The Morgan fingerprint density at radius 2 is 0.983 bits per heavy atom. The first-order valence-electron chi connectivity index (χ1n) is 20.1. The molecular weight excluding hydrogens is 705 g/mol. The van der Waals surface area contributed by atoms with E-state index in [1.54, 1.807) is 0 Å². The normalized spacial score (nSPS) is 13.6.